The van der Waals surface area contributed by atoms with Crippen molar-refractivity contribution in [1.29, 1.82) is 0 Å². The molecule has 0 aliphatic rings. The van der Waals surface area contributed by atoms with Crippen molar-refractivity contribution in [2.24, 2.45) is 5.92 Å². The van der Waals surface area contributed by atoms with Gasteiger partial charge in [-0.05, 0) is 41.0 Å². The Kier molecular flexibility index (Phi) is 6.03. The van der Waals surface area contributed by atoms with E-state index in [1.807, 2.05) is 68.4 Å². The maximum Gasteiger partial charge on any atom is 0.227 e. The van der Waals surface area contributed by atoms with Crippen LogP contribution in [-0.4, -0.2) is 11.8 Å². The van der Waals surface area contributed by atoms with Gasteiger partial charge in [-0.25, -0.2) is 0 Å². The molecule has 0 spiro atoms. The van der Waals surface area contributed by atoms with Gasteiger partial charge in [0.05, 0.1) is 12.7 Å². The summed E-state index contributed by atoms with van der Waals surface area (Å²) in [5, 5.41) is 9.09. The third-order valence-corrected chi connectivity index (χ3v) is 5.64. The zero-order valence-corrected chi connectivity index (χ0v) is 17.8. The van der Waals surface area contributed by atoms with Gasteiger partial charge in [0.25, 0.3) is 0 Å². The molecule has 5 nitrogen and oxygen atoms in total. The average Bonchev–Trinajstić information content (AvgIpc) is 3.20. The first-order valence-electron chi connectivity index (χ1n) is 10.6. The zero-order chi connectivity index (χ0) is 21.8. The number of amides is 2. The number of nitrogens with one attached hydrogen (secondary N) is 2. The topological polar surface area (TPSA) is 71.3 Å². The van der Waals surface area contributed by atoms with Crippen LogP contribution in [0.1, 0.15) is 31.4 Å². The first kappa shape index (κ1) is 20.7. The van der Waals surface area contributed by atoms with Crippen LogP contribution >= 0.6 is 0 Å². The van der Waals surface area contributed by atoms with E-state index >= 15 is 0 Å². The molecule has 0 aliphatic carbocycles. The van der Waals surface area contributed by atoms with E-state index in [4.69, 9.17) is 4.42 Å². The van der Waals surface area contributed by atoms with E-state index in [2.05, 4.69) is 16.7 Å². The van der Waals surface area contributed by atoms with Crippen molar-refractivity contribution >= 4 is 39.2 Å². The van der Waals surface area contributed by atoms with E-state index in [9.17, 15) is 9.59 Å². The molecule has 1 heterocycles. The Morgan fingerprint density at radius 3 is 2.71 bits per heavy atom. The number of rotatable bonds is 7. The van der Waals surface area contributed by atoms with Gasteiger partial charge < -0.3 is 15.1 Å². The van der Waals surface area contributed by atoms with Crippen LogP contribution in [0.25, 0.3) is 21.7 Å². The molecule has 0 saturated carbocycles. The Morgan fingerprint density at radius 2 is 1.87 bits per heavy atom. The minimum Gasteiger partial charge on any atom is -0.464 e. The third-order valence-electron chi connectivity index (χ3n) is 5.64. The molecule has 31 heavy (non-hydrogen) atoms. The first-order valence-corrected chi connectivity index (χ1v) is 10.6. The number of benzene rings is 3. The van der Waals surface area contributed by atoms with Gasteiger partial charge in [0.15, 0.2) is 0 Å². The number of fused-ring (bicyclic) bond motifs is 3. The van der Waals surface area contributed by atoms with Gasteiger partial charge in [0.1, 0.15) is 5.58 Å². The van der Waals surface area contributed by atoms with E-state index in [1.165, 1.54) is 0 Å². The number of furan rings is 1. The molecule has 0 fully saturated rings. The van der Waals surface area contributed by atoms with E-state index < -0.39 is 0 Å². The maximum atomic E-state index is 12.6. The molecule has 5 heteroatoms. The average molecular weight is 415 g/mol. The van der Waals surface area contributed by atoms with Crippen molar-refractivity contribution in [3.8, 4) is 0 Å². The molecule has 1 atom stereocenters. The van der Waals surface area contributed by atoms with Crippen molar-refractivity contribution in [2.75, 3.05) is 5.32 Å². The highest BCUT2D eigenvalue weighted by Crippen LogP contribution is 2.30. The zero-order valence-electron chi connectivity index (χ0n) is 17.8. The second kappa shape index (κ2) is 9.04. The Bertz CT molecular complexity index is 1240. The van der Waals surface area contributed by atoms with Crippen LogP contribution in [0.15, 0.2) is 71.3 Å². The standard InChI is InChI=1S/C26H26N2O3/c1-3-17(2)26(30)28-21-9-6-7-18(13-21)15-27-24(29)14-20-16-31-23-12-11-19-8-4-5-10-22(19)25(20)23/h4-13,16-17H,3,14-15H2,1-2H3,(H,27,29)(H,28,30). The molecule has 158 valence electrons. The van der Waals surface area contributed by atoms with E-state index in [0.717, 1.165) is 45.0 Å². The summed E-state index contributed by atoms with van der Waals surface area (Å²) in [6.07, 6.45) is 2.70. The largest absolute Gasteiger partial charge is 0.464 e. The Morgan fingerprint density at radius 1 is 1.03 bits per heavy atom. The molecule has 1 unspecified atom stereocenters. The summed E-state index contributed by atoms with van der Waals surface area (Å²) in [5.41, 5.74) is 3.33. The van der Waals surface area contributed by atoms with Crippen molar-refractivity contribution in [3.05, 3.63) is 78.1 Å². The van der Waals surface area contributed by atoms with Crippen molar-refractivity contribution in [2.45, 2.75) is 33.2 Å². The highest BCUT2D eigenvalue weighted by molar-refractivity contribution is 6.08. The summed E-state index contributed by atoms with van der Waals surface area (Å²) >= 11 is 0. The van der Waals surface area contributed by atoms with Crippen LogP contribution < -0.4 is 10.6 Å². The van der Waals surface area contributed by atoms with Crippen LogP contribution in [0.5, 0.6) is 0 Å². The Labute approximate surface area is 181 Å². The Hall–Kier alpha value is -3.60. The number of hydrogen-bond acceptors (Lipinski definition) is 3. The lowest BCUT2D eigenvalue weighted by atomic mass is 10.0. The molecule has 0 radical (unpaired) electrons. The van der Waals surface area contributed by atoms with Crippen molar-refractivity contribution in [1.82, 2.24) is 5.32 Å². The highest BCUT2D eigenvalue weighted by atomic mass is 16.3. The number of carbonyl (C=O) groups is 2. The lowest BCUT2D eigenvalue weighted by molar-refractivity contribution is -0.121. The summed E-state index contributed by atoms with van der Waals surface area (Å²) in [6, 6.07) is 19.6. The van der Waals surface area contributed by atoms with E-state index in [-0.39, 0.29) is 24.2 Å². The first-order chi connectivity index (χ1) is 15.0. The number of carbonyl (C=O) groups excluding carboxylic acids is 2. The molecular weight excluding hydrogens is 388 g/mol. The summed E-state index contributed by atoms with van der Waals surface area (Å²) in [6.45, 7) is 4.28. The lowest BCUT2D eigenvalue weighted by Crippen LogP contribution is -2.24. The molecule has 4 aromatic rings. The monoisotopic (exact) mass is 414 g/mol. The number of hydrogen-bond donors (Lipinski definition) is 2. The number of anilines is 1. The van der Waals surface area contributed by atoms with Gasteiger partial charge in [0.2, 0.25) is 11.8 Å². The molecule has 4 rings (SSSR count). The van der Waals surface area contributed by atoms with Crippen LogP contribution in [0.3, 0.4) is 0 Å². The van der Waals surface area contributed by atoms with Gasteiger partial charge in [-0.15, -0.1) is 0 Å². The molecule has 0 bridgehead atoms. The molecule has 2 amide bonds. The van der Waals surface area contributed by atoms with Crippen molar-refractivity contribution < 1.29 is 14.0 Å². The van der Waals surface area contributed by atoms with Gasteiger partial charge in [0, 0.05) is 29.1 Å². The van der Waals surface area contributed by atoms with Crippen LogP contribution in [0, 0.1) is 5.92 Å². The van der Waals surface area contributed by atoms with Crippen molar-refractivity contribution in [3.63, 3.8) is 0 Å². The lowest BCUT2D eigenvalue weighted by Gasteiger charge is -2.11. The minimum atomic E-state index is -0.0790. The minimum absolute atomic E-state index is 0.00254. The smallest absolute Gasteiger partial charge is 0.227 e. The highest BCUT2D eigenvalue weighted by Gasteiger charge is 2.14. The molecule has 2 N–H and O–H groups in total. The third kappa shape index (κ3) is 4.61. The fourth-order valence-electron chi connectivity index (χ4n) is 3.65. The molecular formula is C26H26N2O3. The summed E-state index contributed by atoms with van der Waals surface area (Å²) in [7, 11) is 0. The van der Waals surface area contributed by atoms with Gasteiger partial charge in [-0.1, -0.05) is 56.3 Å². The fraction of sp³-hybridized carbons (Fsp3) is 0.231. The summed E-state index contributed by atoms with van der Waals surface area (Å²) in [5.74, 6) is -0.114. The predicted octanol–water partition coefficient (Wildman–Crippen LogP) is 5.43. The predicted molar refractivity (Wildman–Crippen MR) is 124 cm³/mol. The van der Waals surface area contributed by atoms with Gasteiger partial charge in [-0.2, -0.15) is 0 Å². The second-order valence-electron chi connectivity index (χ2n) is 7.87. The van der Waals surface area contributed by atoms with Gasteiger partial charge in [-0.3, -0.25) is 9.59 Å². The normalized spacial score (nSPS) is 12.1. The quantitative estimate of drug-likeness (QED) is 0.424. The maximum absolute atomic E-state index is 12.6. The molecule has 0 saturated heterocycles. The van der Waals surface area contributed by atoms with E-state index in [1.54, 1.807) is 6.26 Å². The van der Waals surface area contributed by atoms with Crippen LogP contribution in [0.4, 0.5) is 5.69 Å². The molecule has 1 aromatic heterocycles. The SMILES string of the molecule is CCC(C)C(=O)Nc1cccc(CNC(=O)Cc2coc3ccc4ccccc4c23)c1. The van der Waals surface area contributed by atoms with E-state index in [0.29, 0.717) is 6.54 Å². The summed E-state index contributed by atoms with van der Waals surface area (Å²) < 4.78 is 5.68. The second-order valence-corrected chi connectivity index (χ2v) is 7.87. The fourth-order valence-corrected chi connectivity index (χ4v) is 3.65. The van der Waals surface area contributed by atoms with Gasteiger partial charge >= 0.3 is 0 Å². The molecule has 3 aromatic carbocycles. The van der Waals surface area contributed by atoms with Crippen LogP contribution in [-0.2, 0) is 22.6 Å². The van der Waals surface area contributed by atoms with Crippen LogP contribution in [0.2, 0.25) is 0 Å². The Balaban J connectivity index is 1.43. The summed E-state index contributed by atoms with van der Waals surface area (Å²) in [4.78, 5) is 24.7. The molecule has 0 aliphatic heterocycles.